The van der Waals surface area contributed by atoms with Crippen molar-refractivity contribution >= 4 is 29.2 Å². The van der Waals surface area contributed by atoms with Crippen molar-refractivity contribution in [3.05, 3.63) is 29.3 Å². The van der Waals surface area contributed by atoms with Gasteiger partial charge >= 0.3 is 5.97 Å². The molecule has 1 aromatic rings. The molecule has 2 aliphatic heterocycles. The second-order valence-electron chi connectivity index (χ2n) is 7.20. The van der Waals surface area contributed by atoms with Gasteiger partial charge in [0.1, 0.15) is 0 Å². The smallest absolute Gasteiger partial charge is 0.317 e. The third-order valence-corrected chi connectivity index (χ3v) is 5.75. The number of anilines is 1. The van der Waals surface area contributed by atoms with Gasteiger partial charge in [-0.05, 0) is 63.5 Å². The van der Waals surface area contributed by atoms with E-state index in [1.807, 2.05) is 41.1 Å². The maximum atomic E-state index is 12.9. The number of likely N-dealkylation sites (tertiary alicyclic amines) is 1. The second-order valence-corrected chi connectivity index (χ2v) is 7.64. The number of nitrogens with zero attached hydrogens (tertiary/aromatic N) is 3. The van der Waals surface area contributed by atoms with Crippen molar-refractivity contribution in [2.24, 2.45) is 0 Å². The predicted molar refractivity (Wildman–Crippen MR) is 102 cm³/mol. The third-order valence-electron chi connectivity index (χ3n) is 5.50. The van der Waals surface area contributed by atoms with Crippen LogP contribution in [0.4, 0.5) is 5.69 Å². The Morgan fingerprint density at radius 1 is 1.19 bits per heavy atom. The molecule has 1 amide bonds. The van der Waals surface area contributed by atoms with E-state index in [1.165, 1.54) is 0 Å². The highest BCUT2D eigenvalue weighted by atomic mass is 35.5. The molecule has 0 bridgehead atoms. The lowest BCUT2D eigenvalue weighted by molar-refractivity contribution is -0.138. The number of carboxylic acid groups (broad SMARTS) is 1. The van der Waals surface area contributed by atoms with Gasteiger partial charge in [-0.3, -0.25) is 19.4 Å². The van der Waals surface area contributed by atoms with E-state index in [4.69, 9.17) is 16.7 Å². The Morgan fingerprint density at radius 2 is 1.92 bits per heavy atom. The Hall–Kier alpha value is -1.63. The molecular weight excluding hydrogens is 354 g/mol. The molecule has 1 N–H and O–H groups in total. The van der Waals surface area contributed by atoms with Crippen LogP contribution in [0.25, 0.3) is 0 Å². The highest BCUT2D eigenvalue weighted by Crippen LogP contribution is 2.27. The van der Waals surface area contributed by atoms with Crippen LogP contribution < -0.4 is 4.90 Å². The van der Waals surface area contributed by atoms with Crippen molar-refractivity contribution in [3.63, 3.8) is 0 Å². The SMILES string of the molecule is CN(CC(=O)O)C1CCCN(C2CCN(c3ccc(Cl)cc3)C2=O)CC1. The van der Waals surface area contributed by atoms with Gasteiger partial charge in [-0.25, -0.2) is 0 Å². The number of rotatable bonds is 5. The summed E-state index contributed by atoms with van der Waals surface area (Å²) in [4.78, 5) is 29.9. The summed E-state index contributed by atoms with van der Waals surface area (Å²) < 4.78 is 0. The summed E-state index contributed by atoms with van der Waals surface area (Å²) in [7, 11) is 1.87. The molecule has 2 fully saturated rings. The Kier molecular flexibility index (Phi) is 6.16. The topological polar surface area (TPSA) is 64.1 Å². The first-order valence-electron chi connectivity index (χ1n) is 9.18. The van der Waals surface area contributed by atoms with Crippen molar-refractivity contribution < 1.29 is 14.7 Å². The quantitative estimate of drug-likeness (QED) is 0.850. The van der Waals surface area contributed by atoms with E-state index in [2.05, 4.69) is 4.90 Å². The van der Waals surface area contributed by atoms with Crippen LogP contribution in [0.1, 0.15) is 25.7 Å². The zero-order chi connectivity index (χ0) is 18.7. The third kappa shape index (κ3) is 4.37. The van der Waals surface area contributed by atoms with Gasteiger partial charge in [0.15, 0.2) is 0 Å². The van der Waals surface area contributed by atoms with Crippen LogP contribution in [0.2, 0.25) is 5.02 Å². The molecule has 3 rings (SSSR count). The second kappa shape index (κ2) is 8.37. The van der Waals surface area contributed by atoms with Gasteiger partial charge in [-0.2, -0.15) is 0 Å². The minimum atomic E-state index is -0.793. The number of hydrogen-bond acceptors (Lipinski definition) is 4. The summed E-state index contributed by atoms with van der Waals surface area (Å²) in [5, 5.41) is 9.66. The van der Waals surface area contributed by atoms with E-state index >= 15 is 0 Å². The van der Waals surface area contributed by atoms with Gasteiger partial charge in [-0.15, -0.1) is 0 Å². The van der Waals surface area contributed by atoms with Crippen LogP contribution in [0.5, 0.6) is 0 Å². The first-order chi connectivity index (χ1) is 12.5. The van der Waals surface area contributed by atoms with E-state index in [0.717, 1.165) is 51.0 Å². The summed E-state index contributed by atoms with van der Waals surface area (Å²) in [6, 6.07) is 7.59. The van der Waals surface area contributed by atoms with Crippen LogP contribution in [0, 0.1) is 0 Å². The number of aliphatic carboxylic acids is 1. The van der Waals surface area contributed by atoms with Crippen LogP contribution in [0.3, 0.4) is 0 Å². The monoisotopic (exact) mass is 379 g/mol. The number of carboxylic acids is 1. The lowest BCUT2D eigenvalue weighted by atomic mass is 10.1. The number of amides is 1. The Balaban J connectivity index is 1.60. The molecular formula is C19H26ClN3O3. The normalized spacial score (nSPS) is 24.9. The molecule has 0 aliphatic carbocycles. The van der Waals surface area contributed by atoms with E-state index in [-0.39, 0.29) is 24.5 Å². The molecule has 0 spiro atoms. The molecule has 2 aliphatic rings. The number of halogens is 1. The lowest BCUT2D eigenvalue weighted by Crippen LogP contribution is -2.43. The molecule has 2 atom stereocenters. The van der Waals surface area contributed by atoms with Crippen LogP contribution in [-0.4, -0.2) is 72.1 Å². The van der Waals surface area contributed by atoms with Crippen LogP contribution in [0.15, 0.2) is 24.3 Å². The Labute approximate surface area is 159 Å². The fourth-order valence-electron chi connectivity index (χ4n) is 4.08. The summed E-state index contributed by atoms with van der Waals surface area (Å²) in [6.07, 6.45) is 3.69. The summed E-state index contributed by atoms with van der Waals surface area (Å²) in [5.41, 5.74) is 0.899. The molecule has 1 aromatic carbocycles. The van der Waals surface area contributed by atoms with Gasteiger partial charge in [0, 0.05) is 29.8 Å². The molecule has 0 radical (unpaired) electrons. The van der Waals surface area contributed by atoms with E-state index in [1.54, 1.807) is 0 Å². The maximum Gasteiger partial charge on any atom is 0.317 e. The number of hydrogen-bond donors (Lipinski definition) is 1. The molecule has 0 aromatic heterocycles. The van der Waals surface area contributed by atoms with Gasteiger partial charge in [0.2, 0.25) is 5.91 Å². The molecule has 2 heterocycles. The largest absolute Gasteiger partial charge is 0.480 e. The highest BCUT2D eigenvalue weighted by Gasteiger charge is 2.37. The zero-order valence-electron chi connectivity index (χ0n) is 15.1. The van der Waals surface area contributed by atoms with Crippen molar-refractivity contribution in [3.8, 4) is 0 Å². The fourth-order valence-corrected chi connectivity index (χ4v) is 4.20. The van der Waals surface area contributed by atoms with E-state index in [9.17, 15) is 9.59 Å². The minimum absolute atomic E-state index is 0.0668. The molecule has 0 saturated carbocycles. The number of benzene rings is 1. The average Bonchev–Trinajstić information content (AvgIpc) is 2.82. The summed E-state index contributed by atoms with van der Waals surface area (Å²) in [5.74, 6) is -0.636. The molecule has 26 heavy (non-hydrogen) atoms. The van der Waals surface area contributed by atoms with E-state index in [0.29, 0.717) is 5.02 Å². The molecule has 6 nitrogen and oxygen atoms in total. The number of carbonyl (C=O) groups is 2. The van der Waals surface area contributed by atoms with Gasteiger partial charge in [0.25, 0.3) is 0 Å². The lowest BCUT2D eigenvalue weighted by Gasteiger charge is -2.28. The fraction of sp³-hybridized carbons (Fsp3) is 0.579. The van der Waals surface area contributed by atoms with Gasteiger partial charge in [0.05, 0.1) is 12.6 Å². The van der Waals surface area contributed by atoms with Crippen molar-refractivity contribution in [1.82, 2.24) is 9.80 Å². The van der Waals surface area contributed by atoms with E-state index < -0.39 is 5.97 Å². The predicted octanol–water partition coefficient (Wildman–Crippen LogP) is 2.32. The first kappa shape index (κ1) is 19.1. The highest BCUT2D eigenvalue weighted by molar-refractivity contribution is 6.30. The zero-order valence-corrected chi connectivity index (χ0v) is 15.9. The standard InChI is InChI=1S/C19H26ClN3O3/c1-21(13-18(24)25)15-3-2-10-22(11-8-15)17-9-12-23(19(17)26)16-6-4-14(20)5-7-16/h4-7,15,17H,2-3,8-13H2,1H3,(H,24,25). The Morgan fingerprint density at radius 3 is 2.62 bits per heavy atom. The van der Waals surface area contributed by atoms with Gasteiger partial charge in [-0.1, -0.05) is 11.6 Å². The minimum Gasteiger partial charge on any atom is -0.480 e. The van der Waals surface area contributed by atoms with Crippen molar-refractivity contribution in [2.45, 2.75) is 37.8 Å². The summed E-state index contributed by atoms with van der Waals surface area (Å²) in [6.45, 7) is 2.52. The average molecular weight is 380 g/mol. The van der Waals surface area contributed by atoms with Crippen molar-refractivity contribution in [2.75, 3.05) is 38.1 Å². The van der Waals surface area contributed by atoms with Gasteiger partial charge < -0.3 is 10.0 Å². The Bertz CT molecular complexity index is 652. The molecule has 2 unspecified atom stereocenters. The van der Waals surface area contributed by atoms with Crippen LogP contribution in [-0.2, 0) is 9.59 Å². The number of carbonyl (C=O) groups excluding carboxylic acids is 1. The van der Waals surface area contributed by atoms with Crippen LogP contribution >= 0.6 is 11.6 Å². The molecule has 2 saturated heterocycles. The van der Waals surface area contributed by atoms with Crippen molar-refractivity contribution in [1.29, 1.82) is 0 Å². The maximum absolute atomic E-state index is 12.9. The number of likely N-dealkylation sites (N-methyl/N-ethyl adjacent to an activating group) is 1. The molecule has 7 heteroatoms. The summed E-state index contributed by atoms with van der Waals surface area (Å²) >= 11 is 5.94. The first-order valence-corrected chi connectivity index (χ1v) is 9.56. The molecule has 142 valence electrons.